The van der Waals surface area contributed by atoms with Crippen molar-refractivity contribution in [3.8, 4) is 11.8 Å². The Hall–Kier alpha value is -2.55. The van der Waals surface area contributed by atoms with Crippen LogP contribution in [0.15, 0.2) is 53.4 Å². The second-order valence-electron chi connectivity index (χ2n) is 8.04. The van der Waals surface area contributed by atoms with Gasteiger partial charge in [-0.05, 0) is 63.3 Å². The Kier molecular flexibility index (Phi) is 7.02. The molecule has 1 aliphatic heterocycles. The predicted octanol–water partition coefficient (Wildman–Crippen LogP) is 4.27. The lowest BCUT2D eigenvalue weighted by molar-refractivity contribution is 0.0636. The standard InChI is InChI=1S/C25H27NO3S/c1-25(2,29)15-14-18-10-12-19(13-11-18)24(28)26-16-6-7-20(17-26)23(27)21-8-4-5-9-22(21)30-3/h4-5,8-13,20,29H,6-7,16-17H2,1-3H3/t20-/m1/s1. The molecule has 30 heavy (non-hydrogen) atoms. The van der Waals surface area contributed by atoms with Crippen molar-refractivity contribution in [3.05, 3.63) is 65.2 Å². The molecule has 1 heterocycles. The fourth-order valence-corrected chi connectivity index (χ4v) is 4.15. The third-order valence-corrected chi connectivity index (χ3v) is 5.89. The minimum Gasteiger partial charge on any atom is -0.378 e. The van der Waals surface area contributed by atoms with E-state index in [1.54, 1.807) is 54.8 Å². The maximum Gasteiger partial charge on any atom is 0.253 e. The van der Waals surface area contributed by atoms with Crippen LogP contribution >= 0.6 is 11.8 Å². The van der Waals surface area contributed by atoms with Gasteiger partial charge in [0.2, 0.25) is 0 Å². The number of thioether (sulfide) groups is 1. The van der Waals surface area contributed by atoms with Crippen LogP contribution in [0.2, 0.25) is 0 Å². The highest BCUT2D eigenvalue weighted by Gasteiger charge is 2.30. The molecule has 0 aromatic heterocycles. The van der Waals surface area contributed by atoms with Gasteiger partial charge in [-0.2, -0.15) is 0 Å². The molecule has 156 valence electrons. The molecule has 1 saturated heterocycles. The number of nitrogens with zero attached hydrogens (tertiary/aromatic N) is 1. The van der Waals surface area contributed by atoms with E-state index in [-0.39, 0.29) is 17.6 Å². The lowest BCUT2D eigenvalue weighted by Crippen LogP contribution is -2.42. The van der Waals surface area contributed by atoms with Gasteiger partial charge in [-0.3, -0.25) is 9.59 Å². The van der Waals surface area contributed by atoms with Crippen LogP contribution in [0.1, 0.15) is 53.0 Å². The van der Waals surface area contributed by atoms with Crippen molar-refractivity contribution in [1.82, 2.24) is 4.90 Å². The number of aliphatic hydroxyl groups is 1. The van der Waals surface area contributed by atoms with Crippen molar-refractivity contribution in [2.45, 2.75) is 37.2 Å². The molecule has 1 atom stereocenters. The normalized spacial score (nSPS) is 16.5. The number of hydrogen-bond donors (Lipinski definition) is 1. The highest BCUT2D eigenvalue weighted by Crippen LogP contribution is 2.27. The molecule has 1 aliphatic rings. The van der Waals surface area contributed by atoms with Gasteiger partial charge in [-0.1, -0.05) is 30.0 Å². The first-order valence-corrected chi connectivity index (χ1v) is 11.3. The van der Waals surface area contributed by atoms with Crippen LogP contribution in [-0.2, 0) is 0 Å². The van der Waals surface area contributed by atoms with Crippen LogP contribution in [0.25, 0.3) is 0 Å². The summed E-state index contributed by atoms with van der Waals surface area (Å²) in [6.45, 7) is 4.36. The second kappa shape index (κ2) is 9.51. The number of carbonyl (C=O) groups excluding carboxylic acids is 2. The van der Waals surface area contributed by atoms with Gasteiger partial charge in [0, 0.05) is 40.6 Å². The third-order valence-electron chi connectivity index (χ3n) is 5.10. The molecule has 2 aromatic carbocycles. The first-order chi connectivity index (χ1) is 14.3. The minimum atomic E-state index is -1.06. The minimum absolute atomic E-state index is 0.0624. The number of Topliss-reactive ketones (excluding diaryl/α,β-unsaturated/α-hetero) is 1. The van der Waals surface area contributed by atoms with E-state index in [1.807, 2.05) is 30.5 Å². The number of amides is 1. The average molecular weight is 422 g/mol. The molecule has 2 aromatic rings. The van der Waals surface area contributed by atoms with Crippen molar-refractivity contribution in [1.29, 1.82) is 0 Å². The number of ketones is 1. The molecule has 1 amide bonds. The zero-order valence-corrected chi connectivity index (χ0v) is 18.5. The molecule has 0 unspecified atom stereocenters. The zero-order valence-electron chi connectivity index (χ0n) is 17.6. The summed E-state index contributed by atoms with van der Waals surface area (Å²) in [5, 5.41) is 9.71. The van der Waals surface area contributed by atoms with Crippen LogP contribution in [-0.4, -0.2) is 46.6 Å². The molecule has 0 radical (unpaired) electrons. The van der Waals surface area contributed by atoms with Crippen LogP contribution in [0, 0.1) is 17.8 Å². The Morgan fingerprint density at radius 1 is 1.13 bits per heavy atom. The van der Waals surface area contributed by atoms with E-state index < -0.39 is 5.60 Å². The summed E-state index contributed by atoms with van der Waals surface area (Å²) in [5.41, 5.74) is 1.02. The number of piperidine rings is 1. The number of benzene rings is 2. The monoisotopic (exact) mass is 421 g/mol. The Morgan fingerprint density at radius 3 is 2.50 bits per heavy atom. The second-order valence-corrected chi connectivity index (χ2v) is 8.89. The van der Waals surface area contributed by atoms with Gasteiger partial charge in [0.15, 0.2) is 5.78 Å². The van der Waals surface area contributed by atoms with Gasteiger partial charge in [-0.25, -0.2) is 0 Å². The summed E-state index contributed by atoms with van der Waals surface area (Å²) >= 11 is 1.57. The summed E-state index contributed by atoms with van der Waals surface area (Å²) in [6.07, 6.45) is 3.59. The van der Waals surface area contributed by atoms with E-state index in [0.717, 1.165) is 28.9 Å². The first-order valence-electron chi connectivity index (χ1n) is 10.1. The van der Waals surface area contributed by atoms with E-state index in [4.69, 9.17) is 0 Å². The number of rotatable bonds is 4. The summed E-state index contributed by atoms with van der Waals surface area (Å²) in [5.74, 6) is 5.56. The molecule has 0 bridgehead atoms. The van der Waals surface area contributed by atoms with Gasteiger partial charge < -0.3 is 10.0 Å². The van der Waals surface area contributed by atoms with Gasteiger partial charge >= 0.3 is 0 Å². The van der Waals surface area contributed by atoms with E-state index in [9.17, 15) is 14.7 Å². The molecule has 1 fully saturated rings. The number of hydrogen-bond acceptors (Lipinski definition) is 4. The third kappa shape index (κ3) is 5.53. The SMILES string of the molecule is CSc1ccccc1C(=O)[C@@H]1CCCN(C(=O)c2ccc(C#CC(C)(C)O)cc2)C1. The van der Waals surface area contributed by atoms with E-state index in [1.165, 1.54) is 0 Å². The van der Waals surface area contributed by atoms with Crippen molar-refractivity contribution in [3.63, 3.8) is 0 Å². The number of likely N-dealkylation sites (tertiary alicyclic amines) is 1. The molecule has 0 spiro atoms. The van der Waals surface area contributed by atoms with Gasteiger partial charge in [0.1, 0.15) is 5.60 Å². The Labute approximate surface area is 182 Å². The highest BCUT2D eigenvalue weighted by molar-refractivity contribution is 7.98. The predicted molar refractivity (Wildman–Crippen MR) is 121 cm³/mol. The largest absolute Gasteiger partial charge is 0.378 e. The van der Waals surface area contributed by atoms with Gasteiger partial charge in [0.05, 0.1) is 0 Å². The smallest absolute Gasteiger partial charge is 0.253 e. The van der Waals surface area contributed by atoms with Crippen molar-refractivity contribution in [2.75, 3.05) is 19.3 Å². The fourth-order valence-electron chi connectivity index (χ4n) is 3.55. The molecule has 3 rings (SSSR count). The summed E-state index contributed by atoms with van der Waals surface area (Å²) in [7, 11) is 0. The Balaban J connectivity index is 1.71. The summed E-state index contributed by atoms with van der Waals surface area (Å²) in [6, 6.07) is 14.8. The topological polar surface area (TPSA) is 57.6 Å². The van der Waals surface area contributed by atoms with Crippen molar-refractivity contribution < 1.29 is 14.7 Å². The van der Waals surface area contributed by atoms with E-state index in [0.29, 0.717) is 18.7 Å². The molecular weight excluding hydrogens is 394 g/mol. The van der Waals surface area contributed by atoms with Gasteiger partial charge in [0.25, 0.3) is 5.91 Å². The lowest BCUT2D eigenvalue weighted by Gasteiger charge is -2.32. The van der Waals surface area contributed by atoms with Crippen LogP contribution in [0.4, 0.5) is 0 Å². The highest BCUT2D eigenvalue weighted by atomic mass is 32.2. The molecule has 1 N–H and O–H groups in total. The zero-order chi connectivity index (χ0) is 21.7. The average Bonchev–Trinajstić information content (AvgIpc) is 2.76. The Bertz CT molecular complexity index is 980. The van der Waals surface area contributed by atoms with Crippen LogP contribution < -0.4 is 0 Å². The van der Waals surface area contributed by atoms with Crippen molar-refractivity contribution in [2.24, 2.45) is 5.92 Å². The maximum absolute atomic E-state index is 13.1. The van der Waals surface area contributed by atoms with Crippen molar-refractivity contribution >= 4 is 23.5 Å². The quantitative estimate of drug-likeness (QED) is 0.455. The van der Waals surface area contributed by atoms with E-state index >= 15 is 0 Å². The molecule has 5 heteroatoms. The number of carbonyl (C=O) groups is 2. The maximum atomic E-state index is 13.1. The summed E-state index contributed by atoms with van der Waals surface area (Å²) < 4.78 is 0. The van der Waals surface area contributed by atoms with Gasteiger partial charge in [-0.15, -0.1) is 11.8 Å². The van der Waals surface area contributed by atoms with E-state index in [2.05, 4.69) is 11.8 Å². The summed E-state index contributed by atoms with van der Waals surface area (Å²) in [4.78, 5) is 28.8. The fraction of sp³-hybridized carbons (Fsp3) is 0.360. The first kappa shape index (κ1) is 22.1. The molecule has 0 saturated carbocycles. The van der Waals surface area contributed by atoms with Crippen LogP contribution in [0.5, 0.6) is 0 Å². The van der Waals surface area contributed by atoms with Crippen LogP contribution in [0.3, 0.4) is 0 Å². The lowest BCUT2D eigenvalue weighted by atomic mass is 9.89. The molecule has 4 nitrogen and oxygen atoms in total. The molecule has 0 aliphatic carbocycles. The Morgan fingerprint density at radius 2 is 1.83 bits per heavy atom. The molecular formula is C25H27NO3S.